The van der Waals surface area contributed by atoms with Gasteiger partial charge < -0.3 is 15.0 Å². The number of esters is 1. The van der Waals surface area contributed by atoms with E-state index in [-0.39, 0.29) is 18.2 Å². The molecule has 0 radical (unpaired) electrons. The fourth-order valence-electron chi connectivity index (χ4n) is 3.25. The third-order valence-electron chi connectivity index (χ3n) is 4.81. The third-order valence-corrected chi connectivity index (χ3v) is 4.81. The van der Waals surface area contributed by atoms with E-state index in [4.69, 9.17) is 4.74 Å². The molecule has 1 saturated heterocycles. The molecule has 1 N–H and O–H groups in total. The van der Waals surface area contributed by atoms with Gasteiger partial charge in [0.25, 0.3) is 0 Å². The van der Waals surface area contributed by atoms with Crippen molar-refractivity contribution in [3.8, 4) is 0 Å². The first-order chi connectivity index (χ1) is 13.6. The van der Waals surface area contributed by atoms with E-state index in [1.165, 1.54) is 7.11 Å². The van der Waals surface area contributed by atoms with Crippen LogP contribution in [0.3, 0.4) is 0 Å². The molecule has 0 unspecified atom stereocenters. The number of hydrogen-bond donors (Lipinski definition) is 1. The summed E-state index contributed by atoms with van der Waals surface area (Å²) in [5.74, 6) is -1.50. The van der Waals surface area contributed by atoms with Gasteiger partial charge in [-0.3, -0.25) is 14.6 Å². The molecule has 0 spiro atoms. The van der Waals surface area contributed by atoms with E-state index >= 15 is 0 Å². The molecule has 1 aromatic carbocycles. The van der Waals surface area contributed by atoms with Crippen LogP contribution >= 0.6 is 0 Å². The van der Waals surface area contributed by atoms with Crippen molar-refractivity contribution >= 4 is 17.8 Å². The molecule has 3 rings (SSSR count). The van der Waals surface area contributed by atoms with E-state index in [2.05, 4.69) is 10.3 Å². The van der Waals surface area contributed by atoms with E-state index in [9.17, 15) is 14.4 Å². The number of methoxy groups -OCH3 is 1. The smallest absolute Gasteiger partial charge is 0.334 e. The minimum absolute atomic E-state index is 0.0523. The number of aromatic nitrogens is 1. The van der Waals surface area contributed by atoms with Crippen LogP contribution in [0.15, 0.2) is 54.7 Å². The lowest BCUT2D eigenvalue weighted by Gasteiger charge is -2.19. The zero-order chi connectivity index (χ0) is 19.9. The van der Waals surface area contributed by atoms with Crippen molar-refractivity contribution in [3.05, 3.63) is 66.0 Å². The average molecular weight is 381 g/mol. The van der Waals surface area contributed by atoms with Gasteiger partial charge in [-0.25, -0.2) is 4.79 Å². The van der Waals surface area contributed by atoms with Gasteiger partial charge in [-0.2, -0.15) is 0 Å². The maximum atomic E-state index is 12.7. The number of hydrogen-bond acceptors (Lipinski definition) is 5. The molecular formula is C21H23N3O4. The van der Waals surface area contributed by atoms with Crippen LogP contribution in [0.4, 0.5) is 0 Å². The molecule has 2 aromatic rings. The highest BCUT2D eigenvalue weighted by atomic mass is 16.5. The topological polar surface area (TPSA) is 88.6 Å². The van der Waals surface area contributed by atoms with Gasteiger partial charge in [-0.1, -0.05) is 36.4 Å². The van der Waals surface area contributed by atoms with Crippen molar-refractivity contribution in [3.63, 3.8) is 0 Å². The van der Waals surface area contributed by atoms with Crippen molar-refractivity contribution in [2.75, 3.05) is 20.2 Å². The van der Waals surface area contributed by atoms with E-state index < -0.39 is 17.9 Å². The van der Waals surface area contributed by atoms with Crippen LogP contribution in [0, 0.1) is 5.92 Å². The number of benzene rings is 1. The number of amides is 2. The maximum Gasteiger partial charge on any atom is 0.334 e. The van der Waals surface area contributed by atoms with Crippen molar-refractivity contribution in [1.82, 2.24) is 15.2 Å². The Hall–Kier alpha value is -3.22. The predicted molar refractivity (Wildman–Crippen MR) is 102 cm³/mol. The second-order valence-corrected chi connectivity index (χ2v) is 6.70. The summed E-state index contributed by atoms with van der Waals surface area (Å²) in [6.45, 7) is 0.904. The predicted octanol–water partition coefficient (Wildman–Crippen LogP) is 1.50. The highest BCUT2D eigenvalue weighted by Crippen LogP contribution is 2.20. The molecule has 1 aliphatic rings. The lowest BCUT2D eigenvalue weighted by Crippen LogP contribution is -2.39. The Labute approximate surface area is 163 Å². The first-order valence-corrected chi connectivity index (χ1v) is 9.19. The molecule has 2 amide bonds. The number of likely N-dealkylation sites (tertiary alicyclic amines) is 1. The van der Waals surface area contributed by atoms with E-state index in [1.54, 1.807) is 29.3 Å². The number of ether oxygens (including phenoxy) is 1. The van der Waals surface area contributed by atoms with Crippen LogP contribution in [0.5, 0.6) is 0 Å². The molecule has 146 valence electrons. The van der Waals surface area contributed by atoms with Crippen LogP contribution < -0.4 is 5.32 Å². The molecule has 2 atom stereocenters. The van der Waals surface area contributed by atoms with Gasteiger partial charge in [0.1, 0.15) is 0 Å². The Morgan fingerprint density at radius 1 is 1.21 bits per heavy atom. The first kappa shape index (κ1) is 19.5. The first-order valence-electron chi connectivity index (χ1n) is 9.19. The van der Waals surface area contributed by atoms with Crippen molar-refractivity contribution in [2.45, 2.75) is 18.9 Å². The molecule has 2 heterocycles. The Kier molecular flexibility index (Phi) is 6.37. The third kappa shape index (κ3) is 4.73. The Morgan fingerprint density at radius 2 is 1.96 bits per heavy atom. The molecule has 1 aliphatic heterocycles. The molecular weight excluding hydrogens is 358 g/mol. The molecule has 7 heteroatoms. The number of pyridine rings is 1. The molecule has 0 bridgehead atoms. The quantitative estimate of drug-likeness (QED) is 0.735. The van der Waals surface area contributed by atoms with Crippen LogP contribution in [-0.4, -0.2) is 47.9 Å². The minimum Gasteiger partial charge on any atom is -0.467 e. The highest BCUT2D eigenvalue weighted by Gasteiger charge is 2.36. The summed E-state index contributed by atoms with van der Waals surface area (Å²) in [7, 11) is 1.26. The Morgan fingerprint density at radius 3 is 2.64 bits per heavy atom. The highest BCUT2D eigenvalue weighted by molar-refractivity contribution is 5.91. The lowest BCUT2D eigenvalue weighted by molar-refractivity contribution is -0.145. The SMILES string of the molecule is COC(=O)[C@H](NC(=O)[C@H]1CC(=O)N(CCc2ccccc2)C1)c1ccccn1. The molecule has 0 saturated carbocycles. The summed E-state index contributed by atoms with van der Waals surface area (Å²) in [6.07, 6.45) is 2.41. The summed E-state index contributed by atoms with van der Waals surface area (Å²) in [5, 5.41) is 2.69. The van der Waals surface area contributed by atoms with E-state index in [1.807, 2.05) is 30.3 Å². The summed E-state index contributed by atoms with van der Waals surface area (Å²) in [5.41, 5.74) is 1.54. The number of carbonyl (C=O) groups is 3. The normalized spacial score (nSPS) is 17.2. The molecule has 28 heavy (non-hydrogen) atoms. The van der Waals surface area contributed by atoms with Gasteiger partial charge in [0.15, 0.2) is 6.04 Å². The molecule has 7 nitrogen and oxygen atoms in total. The summed E-state index contributed by atoms with van der Waals surface area (Å²) in [6, 6.07) is 14.0. The largest absolute Gasteiger partial charge is 0.467 e. The minimum atomic E-state index is -0.993. The average Bonchev–Trinajstić information content (AvgIpc) is 3.12. The second kappa shape index (κ2) is 9.12. The zero-order valence-corrected chi connectivity index (χ0v) is 15.7. The van der Waals surface area contributed by atoms with Crippen LogP contribution in [0.25, 0.3) is 0 Å². The number of nitrogens with zero attached hydrogens (tertiary/aromatic N) is 2. The zero-order valence-electron chi connectivity index (χ0n) is 15.7. The Balaban J connectivity index is 1.60. The van der Waals surface area contributed by atoms with Gasteiger partial charge in [-0.15, -0.1) is 0 Å². The summed E-state index contributed by atoms with van der Waals surface area (Å²) >= 11 is 0. The van der Waals surface area contributed by atoms with Crippen LogP contribution in [-0.2, 0) is 25.5 Å². The van der Waals surface area contributed by atoms with Crippen molar-refractivity contribution in [1.29, 1.82) is 0 Å². The number of nitrogens with one attached hydrogen (secondary N) is 1. The molecule has 1 aromatic heterocycles. The molecule has 0 aliphatic carbocycles. The fourth-order valence-corrected chi connectivity index (χ4v) is 3.25. The van der Waals surface area contributed by atoms with E-state index in [0.29, 0.717) is 18.8 Å². The van der Waals surface area contributed by atoms with Crippen LogP contribution in [0.1, 0.15) is 23.7 Å². The summed E-state index contributed by atoms with van der Waals surface area (Å²) in [4.78, 5) is 42.9. The van der Waals surface area contributed by atoms with E-state index in [0.717, 1.165) is 12.0 Å². The maximum absolute atomic E-state index is 12.7. The van der Waals surface area contributed by atoms with Gasteiger partial charge in [-0.05, 0) is 24.1 Å². The standard InChI is InChI=1S/C21H23N3O4/c1-28-21(27)19(17-9-5-6-11-22-17)23-20(26)16-13-18(25)24(14-16)12-10-15-7-3-2-4-8-15/h2-9,11,16,19H,10,12-14H2,1H3,(H,23,26)/t16-,19+/m0/s1. The molecule has 1 fully saturated rings. The van der Waals surface area contributed by atoms with Gasteiger partial charge in [0.2, 0.25) is 11.8 Å². The fraction of sp³-hybridized carbons (Fsp3) is 0.333. The Bertz CT molecular complexity index is 826. The van der Waals surface area contributed by atoms with Gasteiger partial charge >= 0.3 is 5.97 Å². The number of rotatable bonds is 7. The van der Waals surface area contributed by atoms with Crippen LogP contribution in [0.2, 0.25) is 0 Å². The lowest BCUT2D eigenvalue weighted by atomic mass is 10.1. The van der Waals surface area contributed by atoms with Crippen molar-refractivity contribution in [2.24, 2.45) is 5.92 Å². The summed E-state index contributed by atoms with van der Waals surface area (Å²) < 4.78 is 4.79. The number of carbonyl (C=O) groups excluding carboxylic acids is 3. The second-order valence-electron chi connectivity index (χ2n) is 6.70. The van der Waals surface area contributed by atoms with Gasteiger partial charge in [0, 0.05) is 25.7 Å². The van der Waals surface area contributed by atoms with Crippen molar-refractivity contribution < 1.29 is 19.1 Å². The monoisotopic (exact) mass is 381 g/mol. The van der Waals surface area contributed by atoms with Gasteiger partial charge in [0.05, 0.1) is 18.7 Å².